The zero-order chi connectivity index (χ0) is 14.3. The molecule has 19 heavy (non-hydrogen) atoms. The highest BCUT2D eigenvalue weighted by atomic mass is 16.5. The van der Waals surface area contributed by atoms with Gasteiger partial charge in [-0.3, -0.25) is 4.90 Å². The van der Waals surface area contributed by atoms with Gasteiger partial charge in [0, 0.05) is 38.9 Å². The lowest BCUT2D eigenvalue weighted by Gasteiger charge is -2.27. The molecule has 0 aromatic heterocycles. The Morgan fingerprint density at radius 1 is 1.05 bits per heavy atom. The van der Waals surface area contributed by atoms with Gasteiger partial charge in [-0.05, 0) is 26.8 Å². The molecule has 5 heteroatoms. The predicted molar refractivity (Wildman–Crippen MR) is 78.6 cm³/mol. The molecule has 0 aliphatic carbocycles. The van der Waals surface area contributed by atoms with Crippen LogP contribution in [0, 0.1) is 0 Å². The van der Waals surface area contributed by atoms with Gasteiger partial charge in [0.15, 0.2) is 0 Å². The van der Waals surface area contributed by atoms with Crippen molar-refractivity contribution in [1.82, 2.24) is 10.2 Å². The van der Waals surface area contributed by atoms with Crippen molar-refractivity contribution in [1.29, 1.82) is 0 Å². The third-order valence-corrected chi connectivity index (χ3v) is 2.89. The van der Waals surface area contributed by atoms with Crippen LogP contribution in [0.5, 0.6) is 0 Å². The van der Waals surface area contributed by atoms with Crippen molar-refractivity contribution in [3.63, 3.8) is 0 Å². The van der Waals surface area contributed by atoms with Crippen LogP contribution in [0.2, 0.25) is 0 Å². The Hall–Kier alpha value is -0.200. The summed E-state index contributed by atoms with van der Waals surface area (Å²) in [4.78, 5) is 2.29. The van der Waals surface area contributed by atoms with Crippen molar-refractivity contribution in [3.05, 3.63) is 0 Å². The summed E-state index contributed by atoms with van der Waals surface area (Å²) in [6.45, 7) is 12.8. The van der Waals surface area contributed by atoms with Crippen molar-refractivity contribution in [2.75, 3.05) is 59.2 Å². The third-order valence-electron chi connectivity index (χ3n) is 2.89. The van der Waals surface area contributed by atoms with Crippen LogP contribution in [-0.4, -0.2) is 75.3 Å². The molecule has 0 aliphatic heterocycles. The summed E-state index contributed by atoms with van der Waals surface area (Å²) in [5, 5.41) is 12.8. The highest BCUT2D eigenvalue weighted by molar-refractivity contribution is 4.71. The molecule has 0 rings (SSSR count). The molecule has 0 saturated heterocycles. The number of hydrogen-bond acceptors (Lipinski definition) is 5. The summed E-state index contributed by atoms with van der Waals surface area (Å²) in [6, 6.07) is 0.128. The molecule has 0 fully saturated rings. The van der Waals surface area contributed by atoms with E-state index >= 15 is 0 Å². The van der Waals surface area contributed by atoms with Crippen molar-refractivity contribution >= 4 is 0 Å². The Balaban J connectivity index is 4.03. The zero-order valence-corrected chi connectivity index (χ0v) is 12.9. The molecule has 0 spiro atoms. The van der Waals surface area contributed by atoms with E-state index in [1.165, 1.54) is 0 Å². The van der Waals surface area contributed by atoms with Gasteiger partial charge >= 0.3 is 0 Å². The van der Waals surface area contributed by atoms with Crippen molar-refractivity contribution in [2.45, 2.75) is 33.2 Å². The van der Waals surface area contributed by atoms with Crippen molar-refractivity contribution < 1.29 is 14.6 Å². The Kier molecular flexibility index (Phi) is 14.1. The van der Waals surface area contributed by atoms with Gasteiger partial charge in [-0.1, -0.05) is 6.92 Å². The summed E-state index contributed by atoms with van der Waals surface area (Å²) in [6.07, 6.45) is 1.08. The third kappa shape index (κ3) is 11.3. The summed E-state index contributed by atoms with van der Waals surface area (Å²) in [7, 11) is 0. The topological polar surface area (TPSA) is 54.0 Å². The largest absolute Gasteiger partial charge is 0.395 e. The fourth-order valence-electron chi connectivity index (χ4n) is 1.82. The summed E-state index contributed by atoms with van der Waals surface area (Å²) < 4.78 is 10.8. The zero-order valence-electron chi connectivity index (χ0n) is 12.9. The quantitative estimate of drug-likeness (QED) is 0.458. The Labute approximate surface area is 118 Å². The summed E-state index contributed by atoms with van der Waals surface area (Å²) in [5.74, 6) is 0. The van der Waals surface area contributed by atoms with E-state index in [4.69, 9.17) is 9.47 Å². The van der Waals surface area contributed by atoms with Gasteiger partial charge in [-0.15, -0.1) is 0 Å². The van der Waals surface area contributed by atoms with Crippen molar-refractivity contribution in [3.8, 4) is 0 Å². The number of aliphatic hydroxyl groups is 1. The molecule has 0 aromatic rings. The first-order valence-corrected chi connectivity index (χ1v) is 7.50. The van der Waals surface area contributed by atoms with E-state index in [2.05, 4.69) is 17.1 Å². The van der Waals surface area contributed by atoms with Gasteiger partial charge in [0.2, 0.25) is 0 Å². The van der Waals surface area contributed by atoms with Crippen LogP contribution in [0.25, 0.3) is 0 Å². The molecule has 0 bridgehead atoms. The van der Waals surface area contributed by atoms with Crippen LogP contribution in [-0.2, 0) is 9.47 Å². The fraction of sp³-hybridized carbons (Fsp3) is 1.00. The first kappa shape index (κ1) is 18.8. The van der Waals surface area contributed by atoms with Crippen molar-refractivity contribution in [2.24, 2.45) is 0 Å². The number of ether oxygens (including phenoxy) is 2. The first-order valence-electron chi connectivity index (χ1n) is 7.50. The number of aliphatic hydroxyl groups excluding tert-OH is 1. The van der Waals surface area contributed by atoms with E-state index in [9.17, 15) is 5.11 Å². The lowest BCUT2D eigenvalue weighted by molar-refractivity contribution is 0.0734. The maximum absolute atomic E-state index is 9.39. The number of nitrogens with one attached hydrogen (secondary N) is 1. The molecule has 5 nitrogen and oxygen atoms in total. The Morgan fingerprint density at radius 2 is 1.63 bits per heavy atom. The van der Waals surface area contributed by atoms with Crippen LogP contribution >= 0.6 is 0 Å². The van der Waals surface area contributed by atoms with E-state index in [1.54, 1.807) is 0 Å². The minimum atomic E-state index is 0.128. The molecule has 1 atom stereocenters. The average Bonchev–Trinajstić information content (AvgIpc) is 2.43. The van der Waals surface area contributed by atoms with E-state index in [-0.39, 0.29) is 12.6 Å². The standard InChI is InChI=1S/C14H32N2O3/c1-4-7-15-14(13-17)12-16(8-10-18-5-2)9-11-19-6-3/h14-15,17H,4-13H2,1-3H3. The summed E-state index contributed by atoms with van der Waals surface area (Å²) >= 11 is 0. The van der Waals surface area contributed by atoms with Crippen LogP contribution in [0.4, 0.5) is 0 Å². The van der Waals surface area contributed by atoms with Gasteiger partial charge < -0.3 is 19.9 Å². The lowest BCUT2D eigenvalue weighted by atomic mass is 10.2. The van der Waals surface area contributed by atoms with Gasteiger partial charge in [-0.2, -0.15) is 0 Å². The SMILES string of the molecule is CCCNC(CO)CN(CCOCC)CCOCC. The smallest absolute Gasteiger partial charge is 0.0597 e. The molecule has 0 amide bonds. The molecule has 2 N–H and O–H groups in total. The minimum absolute atomic E-state index is 0.128. The van der Waals surface area contributed by atoms with Gasteiger partial charge in [0.05, 0.1) is 19.8 Å². The highest BCUT2D eigenvalue weighted by Crippen LogP contribution is 1.95. The summed E-state index contributed by atoms with van der Waals surface area (Å²) in [5.41, 5.74) is 0. The first-order chi connectivity index (χ1) is 9.28. The maximum Gasteiger partial charge on any atom is 0.0597 e. The number of hydrogen-bond donors (Lipinski definition) is 2. The predicted octanol–water partition coefficient (Wildman–Crippen LogP) is 0.722. The molecule has 116 valence electrons. The molecule has 1 unspecified atom stereocenters. The molecular formula is C14H32N2O3. The molecule has 0 radical (unpaired) electrons. The average molecular weight is 276 g/mol. The fourth-order valence-corrected chi connectivity index (χ4v) is 1.82. The van der Waals surface area contributed by atoms with E-state index < -0.39 is 0 Å². The normalized spacial score (nSPS) is 13.1. The molecule has 0 aromatic carbocycles. The van der Waals surface area contributed by atoms with Crippen LogP contribution in [0.15, 0.2) is 0 Å². The maximum atomic E-state index is 9.39. The second kappa shape index (κ2) is 14.2. The highest BCUT2D eigenvalue weighted by Gasteiger charge is 2.12. The van der Waals surface area contributed by atoms with E-state index in [1.807, 2.05) is 13.8 Å². The van der Waals surface area contributed by atoms with E-state index in [0.717, 1.165) is 59.0 Å². The Bertz CT molecular complexity index is 172. The second-order valence-electron chi connectivity index (χ2n) is 4.53. The van der Waals surface area contributed by atoms with Gasteiger partial charge in [0.25, 0.3) is 0 Å². The van der Waals surface area contributed by atoms with Gasteiger partial charge in [-0.25, -0.2) is 0 Å². The number of nitrogens with zero attached hydrogens (tertiary/aromatic N) is 1. The minimum Gasteiger partial charge on any atom is -0.395 e. The van der Waals surface area contributed by atoms with E-state index in [0.29, 0.717) is 0 Å². The van der Waals surface area contributed by atoms with Crippen LogP contribution in [0.1, 0.15) is 27.2 Å². The molecule has 0 saturated carbocycles. The molecule has 0 heterocycles. The molecule has 0 aliphatic rings. The second-order valence-corrected chi connectivity index (χ2v) is 4.53. The van der Waals surface area contributed by atoms with Crippen LogP contribution in [0.3, 0.4) is 0 Å². The number of rotatable bonds is 14. The molecular weight excluding hydrogens is 244 g/mol. The monoisotopic (exact) mass is 276 g/mol. The lowest BCUT2D eigenvalue weighted by Crippen LogP contribution is -2.45. The Morgan fingerprint density at radius 3 is 2.05 bits per heavy atom. The van der Waals surface area contributed by atoms with Gasteiger partial charge in [0.1, 0.15) is 0 Å². The van der Waals surface area contributed by atoms with Crippen LogP contribution < -0.4 is 5.32 Å².